The van der Waals surface area contributed by atoms with Gasteiger partial charge < -0.3 is 24.3 Å². The third-order valence-corrected chi connectivity index (χ3v) is 5.38. The predicted molar refractivity (Wildman–Crippen MR) is 108 cm³/mol. The van der Waals surface area contributed by atoms with Crippen LogP contribution in [0.4, 0.5) is 10.7 Å². The Morgan fingerprint density at radius 1 is 1.21 bits per heavy atom. The molecule has 1 amide bonds. The Hall–Kier alpha value is -1.87. The molecule has 3 rings (SSSR count). The van der Waals surface area contributed by atoms with Crippen molar-refractivity contribution in [3.63, 3.8) is 0 Å². The standard InChI is InChI=1S/C19H31BN4O4/c1-17(2,3)26-16(25)23-14-8-9-24(12-14)15-21-10-13(11-22-15)20-27-18(4,5)19(6,7)28-20/h10-11,14H,8-9,12H2,1-7H3,(H,23,25)/t14-/m1/s1. The van der Waals surface area contributed by atoms with E-state index >= 15 is 0 Å². The van der Waals surface area contributed by atoms with Gasteiger partial charge in [0.15, 0.2) is 0 Å². The third-order valence-electron chi connectivity index (χ3n) is 5.38. The molecular weight excluding hydrogens is 359 g/mol. The summed E-state index contributed by atoms with van der Waals surface area (Å²) in [5, 5.41) is 2.91. The fraction of sp³-hybridized carbons (Fsp3) is 0.737. The molecule has 9 heteroatoms. The molecule has 0 unspecified atom stereocenters. The zero-order valence-electron chi connectivity index (χ0n) is 17.9. The molecule has 2 aliphatic rings. The van der Waals surface area contributed by atoms with Gasteiger partial charge in [0.2, 0.25) is 5.95 Å². The largest absolute Gasteiger partial charge is 0.498 e. The van der Waals surface area contributed by atoms with Gasteiger partial charge in [0, 0.05) is 30.9 Å². The van der Waals surface area contributed by atoms with Crippen molar-refractivity contribution in [1.82, 2.24) is 15.3 Å². The summed E-state index contributed by atoms with van der Waals surface area (Å²) >= 11 is 0. The monoisotopic (exact) mass is 390 g/mol. The number of carbonyl (C=O) groups is 1. The lowest BCUT2D eigenvalue weighted by Crippen LogP contribution is -2.41. The molecule has 0 radical (unpaired) electrons. The molecule has 154 valence electrons. The summed E-state index contributed by atoms with van der Waals surface area (Å²) in [5.41, 5.74) is -0.503. The minimum Gasteiger partial charge on any atom is -0.444 e. The molecule has 0 aliphatic carbocycles. The first-order valence-corrected chi connectivity index (χ1v) is 9.78. The lowest BCUT2D eigenvalue weighted by molar-refractivity contribution is 0.00578. The summed E-state index contributed by atoms with van der Waals surface area (Å²) in [6.07, 6.45) is 3.93. The highest BCUT2D eigenvalue weighted by atomic mass is 16.7. The summed E-state index contributed by atoms with van der Waals surface area (Å²) in [7, 11) is -0.473. The molecule has 0 aromatic carbocycles. The first kappa shape index (κ1) is 20.9. The van der Waals surface area contributed by atoms with Gasteiger partial charge in [-0.3, -0.25) is 0 Å². The fourth-order valence-electron chi connectivity index (χ4n) is 3.13. The normalized spacial score (nSPS) is 23.8. The summed E-state index contributed by atoms with van der Waals surface area (Å²) in [6.45, 7) is 15.0. The Labute approximate surface area is 167 Å². The van der Waals surface area contributed by atoms with E-state index in [-0.39, 0.29) is 6.04 Å². The second-order valence-corrected chi connectivity index (χ2v) is 9.48. The number of ether oxygens (including phenoxy) is 1. The van der Waals surface area contributed by atoms with Gasteiger partial charge in [-0.05, 0) is 54.9 Å². The molecule has 1 aromatic heterocycles. The lowest BCUT2D eigenvalue weighted by atomic mass is 9.81. The van der Waals surface area contributed by atoms with Crippen LogP contribution in [0, 0.1) is 0 Å². The van der Waals surface area contributed by atoms with Gasteiger partial charge in [-0.15, -0.1) is 0 Å². The van der Waals surface area contributed by atoms with Crippen molar-refractivity contribution in [2.75, 3.05) is 18.0 Å². The summed E-state index contributed by atoms with van der Waals surface area (Å²) in [4.78, 5) is 23.0. The first-order valence-electron chi connectivity index (χ1n) is 9.78. The van der Waals surface area contributed by atoms with Crippen LogP contribution in [0.25, 0.3) is 0 Å². The molecule has 2 aliphatic heterocycles. The van der Waals surface area contributed by atoms with Gasteiger partial charge in [-0.25, -0.2) is 14.8 Å². The zero-order chi connectivity index (χ0) is 20.7. The average molecular weight is 390 g/mol. The summed E-state index contributed by atoms with van der Waals surface area (Å²) in [6, 6.07) is 0.0150. The van der Waals surface area contributed by atoms with E-state index in [4.69, 9.17) is 14.0 Å². The molecule has 1 aromatic rings. The van der Waals surface area contributed by atoms with E-state index in [1.54, 1.807) is 12.4 Å². The van der Waals surface area contributed by atoms with Crippen molar-refractivity contribution >= 4 is 24.6 Å². The van der Waals surface area contributed by atoms with Crippen LogP contribution < -0.4 is 15.7 Å². The van der Waals surface area contributed by atoms with Crippen LogP contribution >= 0.6 is 0 Å². The Kier molecular flexibility index (Phi) is 5.35. The maximum atomic E-state index is 11.9. The van der Waals surface area contributed by atoms with Gasteiger partial charge in [0.1, 0.15) is 5.60 Å². The number of hydrogen-bond donors (Lipinski definition) is 1. The second-order valence-electron chi connectivity index (χ2n) is 9.48. The Morgan fingerprint density at radius 3 is 2.32 bits per heavy atom. The topological polar surface area (TPSA) is 85.8 Å². The molecule has 2 saturated heterocycles. The van der Waals surface area contributed by atoms with Crippen LogP contribution in [0.5, 0.6) is 0 Å². The Morgan fingerprint density at radius 2 is 1.79 bits per heavy atom. The summed E-state index contributed by atoms with van der Waals surface area (Å²) in [5.74, 6) is 0.633. The van der Waals surface area contributed by atoms with Crippen molar-refractivity contribution in [3.05, 3.63) is 12.4 Å². The van der Waals surface area contributed by atoms with Crippen LogP contribution in [0.2, 0.25) is 0 Å². The molecule has 1 N–H and O–H groups in total. The molecule has 28 heavy (non-hydrogen) atoms. The Bertz CT molecular complexity index is 702. The molecule has 8 nitrogen and oxygen atoms in total. The number of alkyl carbamates (subject to hydrolysis) is 1. The Balaban J connectivity index is 1.57. The number of nitrogens with one attached hydrogen (secondary N) is 1. The zero-order valence-corrected chi connectivity index (χ0v) is 17.9. The molecule has 2 fully saturated rings. The fourth-order valence-corrected chi connectivity index (χ4v) is 3.13. The van der Waals surface area contributed by atoms with E-state index in [9.17, 15) is 4.79 Å². The number of aromatic nitrogens is 2. The number of rotatable bonds is 3. The minimum atomic E-state index is -0.505. The van der Waals surface area contributed by atoms with Gasteiger partial charge in [0.25, 0.3) is 0 Å². The van der Waals surface area contributed by atoms with Gasteiger partial charge >= 0.3 is 13.2 Å². The molecule has 0 saturated carbocycles. The molecular formula is C19H31BN4O4. The number of nitrogens with zero attached hydrogens (tertiary/aromatic N) is 3. The van der Waals surface area contributed by atoms with Crippen LogP contribution in [0.1, 0.15) is 54.9 Å². The highest BCUT2D eigenvalue weighted by Crippen LogP contribution is 2.36. The first-order chi connectivity index (χ1) is 12.9. The average Bonchev–Trinajstić information content (AvgIpc) is 3.08. The van der Waals surface area contributed by atoms with Crippen LogP contribution in [0.15, 0.2) is 12.4 Å². The SMILES string of the molecule is CC(C)(C)OC(=O)N[C@@H]1CCN(c2ncc(B3OC(C)(C)C(C)(C)O3)cn2)C1. The predicted octanol–water partition coefficient (Wildman–Crippen LogP) is 1.88. The van der Waals surface area contributed by atoms with Gasteiger partial charge in [-0.2, -0.15) is 0 Å². The van der Waals surface area contributed by atoms with Gasteiger partial charge in [0.05, 0.1) is 17.2 Å². The third kappa shape index (κ3) is 4.58. The number of amides is 1. The smallest absolute Gasteiger partial charge is 0.444 e. The molecule has 0 bridgehead atoms. The second kappa shape index (κ2) is 7.19. The van der Waals surface area contributed by atoms with Crippen LogP contribution in [-0.2, 0) is 14.0 Å². The van der Waals surface area contributed by atoms with Crippen LogP contribution in [-0.4, -0.2) is 59.1 Å². The number of hydrogen-bond acceptors (Lipinski definition) is 7. The van der Waals surface area contributed by atoms with Crippen LogP contribution in [0.3, 0.4) is 0 Å². The van der Waals surface area contributed by atoms with E-state index in [1.165, 1.54) is 0 Å². The number of anilines is 1. The number of carbonyl (C=O) groups excluding carboxylic acids is 1. The van der Waals surface area contributed by atoms with Crippen molar-refractivity contribution < 1.29 is 18.8 Å². The highest BCUT2D eigenvalue weighted by molar-refractivity contribution is 6.61. The van der Waals surface area contributed by atoms with E-state index in [0.29, 0.717) is 12.5 Å². The van der Waals surface area contributed by atoms with E-state index < -0.39 is 30.0 Å². The van der Waals surface area contributed by atoms with E-state index in [1.807, 2.05) is 48.5 Å². The molecule has 1 atom stereocenters. The van der Waals surface area contributed by atoms with Gasteiger partial charge in [-0.1, -0.05) is 0 Å². The molecule has 3 heterocycles. The maximum Gasteiger partial charge on any atom is 0.498 e. The molecule has 0 spiro atoms. The van der Waals surface area contributed by atoms with Crippen molar-refractivity contribution in [3.8, 4) is 0 Å². The lowest BCUT2D eigenvalue weighted by Gasteiger charge is -2.32. The van der Waals surface area contributed by atoms with Crippen molar-refractivity contribution in [2.24, 2.45) is 0 Å². The highest BCUT2D eigenvalue weighted by Gasteiger charge is 2.52. The maximum absolute atomic E-state index is 11.9. The minimum absolute atomic E-state index is 0.0150. The van der Waals surface area contributed by atoms with Crippen molar-refractivity contribution in [1.29, 1.82) is 0 Å². The quantitative estimate of drug-likeness (QED) is 0.789. The summed E-state index contributed by atoms with van der Waals surface area (Å²) < 4.78 is 17.4. The van der Waals surface area contributed by atoms with E-state index in [0.717, 1.165) is 18.4 Å². The van der Waals surface area contributed by atoms with E-state index in [2.05, 4.69) is 20.2 Å². The van der Waals surface area contributed by atoms with Crippen molar-refractivity contribution in [2.45, 2.75) is 77.7 Å².